The zero-order chi connectivity index (χ0) is 26.6. The summed E-state index contributed by atoms with van der Waals surface area (Å²) in [4.78, 5) is 7.04. The van der Waals surface area contributed by atoms with E-state index in [-0.39, 0.29) is 17.5 Å². The fraction of sp³-hybridized carbons (Fsp3) is 0.375. The van der Waals surface area contributed by atoms with Crippen molar-refractivity contribution in [3.05, 3.63) is 98.7 Å². The molecular formula is C32H36N2O2. The minimum absolute atomic E-state index is 0.195. The monoisotopic (exact) mass is 480 g/mol. The number of phenolic OH excluding ortho intramolecular Hbond substituents is 1. The first-order valence-electron chi connectivity index (χ1n) is 12.7. The summed E-state index contributed by atoms with van der Waals surface area (Å²) in [5, 5.41) is 10.4. The molecule has 1 atom stereocenters. The number of aryl methyl sites for hydroxylation is 2. The molecule has 0 aliphatic heterocycles. The SMILES string of the molecule is [C-]#[N+]c1cccc(Oc2cc(C(C)C)c(C(CCC)c3cc(C)c(O)cc3C(C)C)cc2C)c1[N+]#[C-]. The Balaban J connectivity index is 2.20. The largest absolute Gasteiger partial charge is 0.508 e. The van der Waals surface area contributed by atoms with Gasteiger partial charge in [-0.2, -0.15) is 0 Å². The van der Waals surface area contributed by atoms with Crippen LogP contribution in [0.15, 0.2) is 42.5 Å². The quantitative estimate of drug-likeness (QED) is 0.326. The Hall–Kier alpha value is -3.76. The summed E-state index contributed by atoms with van der Waals surface area (Å²) >= 11 is 0. The summed E-state index contributed by atoms with van der Waals surface area (Å²) in [6.07, 6.45) is 2.03. The van der Waals surface area contributed by atoms with Crippen molar-refractivity contribution in [1.82, 2.24) is 0 Å². The molecule has 0 radical (unpaired) electrons. The predicted molar refractivity (Wildman–Crippen MR) is 148 cm³/mol. The lowest BCUT2D eigenvalue weighted by Gasteiger charge is -2.28. The topological polar surface area (TPSA) is 38.2 Å². The van der Waals surface area contributed by atoms with E-state index >= 15 is 0 Å². The molecule has 3 aromatic rings. The number of benzene rings is 3. The molecule has 0 saturated heterocycles. The lowest BCUT2D eigenvalue weighted by atomic mass is 9.77. The molecule has 4 nitrogen and oxygen atoms in total. The third-order valence-electron chi connectivity index (χ3n) is 6.78. The summed E-state index contributed by atoms with van der Waals surface area (Å²) in [5.41, 5.74) is 7.37. The molecule has 0 fully saturated rings. The number of ether oxygens (including phenoxy) is 1. The molecule has 0 bridgehead atoms. The highest BCUT2D eigenvalue weighted by atomic mass is 16.5. The van der Waals surface area contributed by atoms with Crippen LogP contribution in [0.5, 0.6) is 17.2 Å². The first-order chi connectivity index (χ1) is 17.1. The van der Waals surface area contributed by atoms with Crippen molar-refractivity contribution in [2.75, 3.05) is 0 Å². The number of nitrogens with zero attached hydrogens (tertiary/aromatic N) is 2. The van der Waals surface area contributed by atoms with E-state index in [1.165, 1.54) is 22.3 Å². The van der Waals surface area contributed by atoms with Gasteiger partial charge >= 0.3 is 0 Å². The van der Waals surface area contributed by atoms with E-state index in [0.29, 0.717) is 28.9 Å². The molecule has 1 N–H and O–H groups in total. The summed E-state index contributed by atoms with van der Waals surface area (Å²) in [6, 6.07) is 13.6. The standard InChI is InChI=1S/C32H36N2O2/c1-10-12-23(26-15-21(6)29(35)17-24(26)19(2)3)27-16-22(7)31(18-25(27)20(4)5)36-30-14-11-13-28(33-8)32(30)34-9/h11,13-20,23,35H,10,12H2,1-7H3. The Labute approximate surface area is 216 Å². The molecule has 0 aliphatic rings. The predicted octanol–water partition coefficient (Wildman–Crippen LogP) is 10.1. The molecule has 0 aromatic heterocycles. The molecule has 0 aliphatic carbocycles. The van der Waals surface area contributed by atoms with Crippen molar-refractivity contribution in [2.24, 2.45) is 0 Å². The normalized spacial score (nSPS) is 11.9. The Kier molecular flexibility index (Phi) is 8.44. The minimum atomic E-state index is 0.195. The molecule has 4 heteroatoms. The average molecular weight is 481 g/mol. The number of para-hydroxylation sites is 1. The summed E-state index contributed by atoms with van der Waals surface area (Å²) in [6.45, 7) is 29.9. The van der Waals surface area contributed by atoms with Gasteiger partial charge in [0.05, 0.1) is 13.1 Å². The van der Waals surface area contributed by atoms with E-state index in [1.54, 1.807) is 18.2 Å². The number of hydrogen-bond donors (Lipinski definition) is 1. The molecule has 0 spiro atoms. The van der Waals surface area contributed by atoms with Crippen LogP contribution in [0.4, 0.5) is 11.4 Å². The minimum Gasteiger partial charge on any atom is -0.508 e. The highest BCUT2D eigenvalue weighted by molar-refractivity contribution is 5.77. The highest BCUT2D eigenvalue weighted by Crippen LogP contribution is 2.44. The van der Waals surface area contributed by atoms with Gasteiger partial charge in [0.1, 0.15) is 17.2 Å². The second kappa shape index (κ2) is 11.3. The molecule has 0 saturated carbocycles. The van der Waals surface area contributed by atoms with Crippen molar-refractivity contribution in [3.63, 3.8) is 0 Å². The van der Waals surface area contributed by atoms with E-state index in [0.717, 1.165) is 24.0 Å². The van der Waals surface area contributed by atoms with E-state index in [9.17, 15) is 5.11 Å². The van der Waals surface area contributed by atoms with Gasteiger partial charge in [0.25, 0.3) is 0 Å². The van der Waals surface area contributed by atoms with Crippen LogP contribution in [0.3, 0.4) is 0 Å². The molecule has 186 valence electrons. The lowest BCUT2D eigenvalue weighted by molar-refractivity contribution is 0.469. The average Bonchev–Trinajstić information content (AvgIpc) is 2.84. The van der Waals surface area contributed by atoms with E-state index in [2.05, 4.69) is 62.5 Å². The number of aromatic hydroxyl groups is 1. The second-order valence-electron chi connectivity index (χ2n) is 10.1. The Morgan fingerprint density at radius 1 is 0.806 bits per heavy atom. The van der Waals surface area contributed by atoms with Crippen LogP contribution in [0.1, 0.15) is 98.6 Å². The van der Waals surface area contributed by atoms with Crippen molar-refractivity contribution < 1.29 is 9.84 Å². The first kappa shape index (κ1) is 26.8. The van der Waals surface area contributed by atoms with E-state index < -0.39 is 0 Å². The van der Waals surface area contributed by atoms with Gasteiger partial charge in [0.2, 0.25) is 5.69 Å². The molecule has 36 heavy (non-hydrogen) atoms. The third kappa shape index (κ3) is 5.39. The fourth-order valence-electron chi connectivity index (χ4n) is 4.86. The highest BCUT2D eigenvalue weighted by Gasteiger charge is 2.25. The van der Waals surface area contributed by atoms with E-state index in [4.69, 9.17) is 17.9 Å². The van der Waals surface area contributed by atoms with Crippen LogP contribution >= 0.6 is 0 Å². The third-order valence-corrected chi connectivity index (χ3v) is 6.78. The molecule has 1 unspecified atom stereocenters. The van der Waals surface area contributed by atoms with Gasteiger partial charge in [0, 0.05) is 5.92 Å². The van der Waals surface area contributed by atoms with Crippen LogP contribution in [0.2, 0.25) is 0 Å². The van der Waals surface area contributed by atoms with Gasteiger partial charge < -0.3 is 9.84 Å². The molecule has 3 aromatic carbocycles. The molecule has 0 heterocycles. The summed E-state index contributed by atoms with van der Waals surface area (Å²) in [5.74, 6) is 2.21. The van der Waals surface area contributed by atoms with Crippen molar-refractivity contribution in [2.45, 2.75) is 79.1 Å². The molecular weight excluding hydrogens is 444 g/mol. The van der Waals surface area contributed by atoms with Crippen molar-refractivity contribution in [3.8, 4) is 17.2 Å². The lowest BCUT2D eigenvalue weighted by Crippen LogP contribution is -2.11. The van der Waals surface area contributed by atoms with Crippen LogP contribution < -0.4 is 4.74 Å². The van der Waals surface area contributed by atoms with Gasteiger partial charge in [-0.05, 0) is 83.7 Å². The van der Waals surface area contributed by atoms with Gasteiger partial charge in [-0.3, -0.25) is 0 Å². The zero-order valence-corrected chi connectivity index (χ0v) is 22.4. The van der Waals surface area contributed by atoms with Crippen molar-refractivity contribution in [1.29, 1.82) is 0 Å². The second-order valence-corrected chi connectivity index (χ2v) is 10.1. The maximum atomic E-state index is 10.4. The van der Waals surface area contributed by atoms with Gasteiger partial charge in [-0.1, -0.05) is 65.3 Å². The van der Waals surface area contributed by atoms with Crippen LogP contribution in [0.25, 0.3) is 9.69 Å². The van der Waals surface area contributed by atoms with Gasteiger partial charge in [-0.25, -0.2) is 9.69 Å². The Morgan fingerprint density at radius 3 is 1.97 bits per heavy atom. The maximum Gasteiger partial charge on any atom is 0.236 e. The number of hydrogen-bond acceptors (Lipinski definition) is 2. The van der Waals surface area contributed by atoms with Gasteiger partial charge in [-0.15, -0.1) is 0 Å². The maximum absolute atomic E-state index is 10.4. The van der Waals surface area contributed by atoms with Crippen LogP contribution in [-0.4, -0.2) is 5.11 Å². The van der Waals surface area contributed by atoms with Crippen LogP contribution in [-0.2, 0) is 0 Å². The fourth-order valence-corrected chi connectivity index (χ4v) is 4.86. The summed E-state index contributed by atoms with van der Waals surface area (Å²) < 4.78 is 6.27. The van der Waals surface area contributed by atoms with Crippen LogP contribution in [0, 0.1) is 27.0 Å². The number of phenols is 1. The van der Waals surface area contributed by atoms with Gasteiger partial charge in [0.15, 0.2) is 5.69 Å². The Morgan fingerprint density at radius 2 is 1.42 bits per heavy atom. The summed E-state index contributed by atoms with van der Waals surface area (Å²) in [7, 11) is 0. The molecule has 0 amide bonds. The zero-order valence-electron chi connectivity index (χ0n) is 22.4. The smallest absolute Gasteiger partial charge is 0.236 e. The van der Waals surface area contributed by atoms with Crippen molar-refractivity contribution >= 4 is 11.4 Å². The molecule has 3 rings (SSSR count). The van der Waals surface area contributed by atoms with E-state index in [1.807, 2.05) is 19.9 Å². The Bertz CT molecular complexity index is 1340. The number of rotatable bonds is 8. The first-order valence-corrected chi connectivity index (χ1v) is 12.7.